The highest BCUT2D eigenvalue weighted by molar-refractivity contribution is 8.00. The Morgan fingerprint density at radius 1 is 1.19 bits per heavy atom. The number of esters is 1. The van der Waals surface area contributed by atoms with Gasteiger partial charge in [0.1, 0.15) is 42.2 Å². The average Bonchev–Trinajstić information content (AvgIpc) is 3.39. The predicted octanol–water partition coefficient (Wildman–Crippen LogP) is 1.72. The highest BCUT2D eigenvalue weighted by atomic mass is 32.2. The molecule has 3 amide bonds. The molecule has 4 rings (SSSR count). The number of benzene rings is 1. The third-order valence-electron chi connectivity index (χ3n) is 6.00. The lowest BCUT2D eigenvalue weighted by Gasteiger charge is -2.53. The van der Waals surface area contributed by atoms with Crippen LogP contribution in [0, 0.1) is 0 Å². The fourth-order valence-electron chi connectivity index (χ4n) is 4.13. The minimum Gasteiger partial charge on any atom is -0.497 e. The maximum Gasteiger partial charge on any atom is 0.413 e. The van der Waals surface area contributed by atoms with Gasteiger partial charge in [0, 0.05) is 11.1 Å². The molecular formula is C26H31N5O9S2. The Balaban J connectivity index is 1.39. The molecule has 0 saturated carbocycles. The summed E-state index contributed by atoms with van der Waals surface area (Å²) >= 11 is 2.26. The predicted molar refractivity (Wildman–Crippen MR) is 153 cm³/mol. The number of carbonyl (C=O) groups is 4. The number of aliphatic hydroxyl groups is 1. The average molecular weight is 622 g/mol. The van der Waals surface area contributed by atoms with Gasteiger partial charge in [-0.1, -0.05) is 17.3 Å². The Kier molecular flexibility index (Phi) is 9.58. The lowest BCUT2D eigenvalue weighted by atomic mass is 9.99. The van der Waals surface area contributed by atoms with Gasteiger partial charge >= 0.3 is 12.1 Å². The zero-order valence-electron chi connectivity index (χ0n) is 23.5. The normalized spacial score (nSPS) is 21.9. The molecule has 2 saturated heterocycles. The van der Waals surface area contributed by atoms with E-state index >= 15 is 0 Å². The van der Waals surface area contributed by atoms with Gasteiger partial charge in [0.2, 0.25) is 5.91 Å². The molecule has 2 aliphatic heterocycles. The van der Waals surface area contributed by atoms with Crippen LogP contribution in [0.1, 0.15) is 32.0 Å². The van der Waals surface area contributed by atoms with E-state index in [1.165, 1.54) is 29.2 Å². The molecule has 3 heterocycles. The van der Waals surface area contributed by atoms with Crippen LogP contribution in [-0.2, 0) is 35.3 Å². The second-order valence-corrected chi connectivity index (χ2v) is 12.2. The number of thioether (sulfide) groups is 1. The minimum atomic E-state index is -1.22. The molecule has 1 aromatic carbocycles. The molecule has 16 heteroatoms. The first-order valence-corrected chi connectivity index (χ1v) is 14.6. The number of hydrogen-bond acceptors (Lipinski definition) is 13. The maximum atomic E-state index is 13.2. The number of rotatable bonds is 9. The number of β-lactam (4-membered cyclic amide) rings is 1. The van der Waals surface area contributed by atoms with Crippen molar-refractivity contribution in [1.82, 2.24) is 15.2 Å². The molecular weight excluding hydrogens is 590 g/mol. The van der Waals surface area contributed by atoms with Crippen LogP contribution in [0.2, 0.25) is 0 Å². The molecule has 226 valence electrons. The highest BCUT2D eigenvalue weighted by Gasteiger charge is 2.58. The van der Waals surface area contributed by atoms with E-state index < -0.39 is 53.0 Å². The highest BCUT2D eigenvalue weighted by Crippen LogP contribution is 2.38. The van der Waals surface area contributed by atoms with E-state index in [9.17, 15) is 24.3 Å². The summed E-state index contributed by atoms with van der Waals surface area (Å²) in [5.74, 6) is -1.27. The molecule has 3 N–H and O–H groups in total. The summed E-state index contributed by atoms with van der Waals surface area (Å²) in [7, 11) is 2.79. The number of nitrogens with zero attached hydrogens (tertiary/aromatic N) is 3. The third-order valence-corrected chi connectivity index (χ3v) is 8.13. The number of fused-ring (bicyclic) bond motifs is 1. The van der Waals surface area contributed by atoms with Gasteiger partial charge in [0.15, 0.2) is 16.9 Å². The smallest absolute Gasteiger partial charge is 0.413 e. The molecule has 42 heavy (non-hydrogen) atoms. The molecule has 0 aliphatic carbocycles. The first-order chi connectivity index (χ1) is 19.9. The number of nitrogens with one attached hydrogen (secondary N) is 2. The van der Waals surface area contributed by atoms with Crippen molar-refractivity contribution in [3.05, 3.63) is 40.9 Å². The van der Waals surface area contributed by atoms with Crippen LogP contribution in [-0.4, -0.2) is 93.7 Å². The summed E-state index contributed by atoms with van der Waals surface area (Å²) < 4.78 is 15.7. The number of aliphatic hydroxyl groups excluding tert-OH is 1. The van der Waals surface area contributed by atoms with E-state index in [1.807, 2.05) is 0 Å². The van der Waals surface area contributed by atoms with Gasteiger partial charge in [-0.05, 0) is 38.5 Å². The molecule has 2 aliphatic rings. The van der Waals surface area contributed by atoms with E-state index in [2.05, 4.69) is 20.8 Å². The van der Waals surface area contributed by atoms with Gasteiger partial charge in [-0.15, -0.1) is 23.1 Å². The number of oxime groups is 1. The van der Waals surface area contributed by atoms with Crippen molar-refractivity contribution in [2.75, 3.05) is 25.3 Å². The molecule has 2 fully saturated rings. The summed E-state index contributed by atoms with van der Waals surface area (Å²) in [6.07, 6.45) is -1.86. The number of thiazole rings is 1. The summed E-state index contributed by atoms with van der Waals surface area (Å²) in [5.41, 5.74) is -0.138. The number of methoxy groups -OCH3 is 1. The molecule has 4 atom stereocenters. The quantitative estimate of drug-likeness (QED) is 0.161. The van der Waals surface area contributed by atoms with Crippen LogP contribution >= 0.6 is 23.1 Å². The fraction of sp³-hybridized carbons (Fsp3) is 0.462. The summed E-state index contributed by atoms with van der Waals surface area (Å²) in [4.78, 5) is 61.5. The van der Waals surface area contributed by atoms with Crippen molar-refractivity contribution < 1.29 is 43.3 Å². The van der Waals surface area contributed by atoms with Crippen LogP contribution in [0.15, 0.2) is 34.8 Å². The van der Waals surface area contributed by atoms with Crippen LogP contribution in [0.25, 0.3) is 0 Å². The van der Waals surface area contributed by atoms with Gasteiger partial charge in [0.25, 0.3) is 5.91 Å². The largest absolute Gasteiger partial charge is 0.497 e. The van der Waals surface area contributed by atoms with Gasteiger partial charge < -0.3 is 34.4 Å². The van der Waals surface area contributed by atoms with E-state index in [0.29, 0.717) is 11.3 Å². The summed E-state index contributed by atoms with van der Waals surface area (Å²) in [6.45, 7) is 5.10. The maximum absolute atomic E-state index is 13.2. The Bertz CT molecular complexity index is 1360. The van der Waals surface area contributed by atoms with E-state index in [-0.39, 0.29) is 28.9 Å². The van der Waals surface area contributed by atoms with Crippen molar-refractivity contribution in [2.24, 2.45) is 5.16 Å². The van der Waals surface area contributed by atoms with Crippen LogP contribution < -0.4 is 15.4 Å². The van der Waals surface area contributed by atoms with Crippen molar-refractivity contribution in [2.45, 2.75) is 56.5 Å². The van der Waals surface area contributed by atoms with Crippen LogP contribution in [0.5, 0.6) is 5.75 Å². The number of carbonyl (C=O) groups excluding carboxylic acids is 4. The zero-order chi connectivity index (χ0) is 30.6. The van der Waals surface area contributed by atoms with Crippen molar-refractivity contribution in [1.29, 1.82) is 0 Å². The van der Waals surface area contributed by atoms with Crippen LogP contribution in [0.3, 0.4) is 0 Å². The fourth-order valence-corrected chi connectivity index (χ4v) is 6.16. The van der Waals surface area contributed by atoms with Gasteiger partial charge in [-0.2, -0.15) is 0 Å². The molecule has 0 spiro atoms. The van der Waals surface area contributed by atoms with E-state index in [0.717, 1.165) is 11.3 Å². The molecule has 1 aromatic heterocycles. The second-order valence-electron chi connectivity index (χ2n) is 10.2. The summed E-state index contributed by atoms with van der Waals surface area (Å²) in [5, 5.41) is 20.4. The van der Waals surface area contributed by atoms with Gasteiger partial charge in [-0.3, -0.25) is 14.9 Å². The van der Waals surface area contributed by atoms with Crippen molar-refractivity contribution in [3.63, 3.8) is 0 Å². The summed E-state index contributed by atoms with van der Waals surface area (Å²) in [6, 6.07) is 4.71. The standard InChI is InChI=1S/C26H31N5O9S2/c1-26(2,3)40-25(36)29-24-27-15(11-42-24)17(30-38-5)20(33)28-18-21(34)31-19(16(32)12-41-22(18)31)23(35)39-10-13-6-8-14(37-4)9-7-13/h6-9,11,16,18-19,22,32H,10,12H2,1-5H3,(H,28,33)(H,27,29,36)/t16?,18-,19?,22+/m1/s1. The lowest BCUT2D eigenvalue weighted by Crippen LogP contribution is -2.77. The molecule has 2 unspecified atom stereocenters. The Hall–Kier alpha value is -3.89. The monoisotopic (exact) mass is 621 g/mol. The van der Waals surface area contributed by atoms with E-state index in [4.69, 9.17) is 19.0 Å². The molecule has 0 radical (unpaired) electrons. The van der Waals surface area contributed by atoms with Crippen molar-refractivity contribution >= 4 is 57.8 Å². The zero-order valence-corrected chi connectivity index (χ0v) is 25.1. The third kappa shape index (κ3) is 7.11. The Labute approximate surface area is 249 Å². The number of aromatic nitrogens is 1. The number of amides is 3. The van der Waals surface area contributed by atoms with Gasteiger partial charge in [0.05, 0.1) is 13.2 Å². The van der Waals surface area contributed by atoms with Crippen LogP contribution in [0.4, 0.5) is 9.93 Å². The first-order valence-electron chi connectivity index (χ1n) is 12.7. The Morgan fingerprint density at radius 2 is 1.90 bits per heavy atom. The SMILES string of the molecule is CON=C(C(=O)N[C@@H]1C(=O)N2C(C(=O)OCc3ccc(OC)cc3)C(O)CS[C@@H]12)c1csc(NC(=O)OC(C)(C)C)n1. The number of hydrogen-bond donors (Lipinski definition) is 3. The molecule has 2 aromatic rings. The number of ether oxygens (including phenoxy) is 3. The first kappa shape index (κ1) is 31.1. The van der Waals surface area contributed by atoms with Crippen molar-refractivity contribution in [3.8, 4) is 5.75 Å². The van der Waals surface area contributed by atoms with Gasteiger partial charge in [-0.25, -0.2) is 14.6 Å². The Morgan fingerprint density at radius 3 is 2.55 bits per heavy atom. The second kappa shape index (κ2) is 13.0. The molecule has 0 bridgehead atoms. The lowest BCUT2D eigenvalue weighted by molar-refractivity contribution is -0.171. The minimum absolute atomic E-state index is 0.0543. The van der Waals surface area contributed by atoms with E-state index in [1.54, 1.807) is 52.1 Å². The molecule has 14 nitrogen and oxygen atoms in total. The topological polar surface area (TPSA) is 178 Å². The number of anilines is 1.